The third kappa shape index (κ3) is 57.5. The molecule has 1 N–H and O–H groups in total. The Bertz CT molecular complexity index is 1200. The van der Waals surface area contributed by atoms with E-state index in [1.807, 2.05) is 21.1 Å². The molecule has 0 rings (SSSR count). The Kier molecular flexibility index (Phi) is 52.0. The first-order chi connectivity index (χ1) is 33.6. The zero-order valence-electron chi connectivity index (χ0n) is 46.6. The number of hydrogen-bond donors (Lipinski definition) is 1. The van der Waals surface area contributed by atoms with Gasteiger partial charge in [0.25, 0.3) is 0 Å². The lowest BCUT2D eigenvalue weighted by Crippen LogP contribution is -2.37. The standard InChI is InChI=1S/C60H116NO7P/c1-6-8-10-12-14-16-18-20-22-24-26-28-29-30-31-32-34-36-38-40-42-44-46-48-50-52-55-65-57-59(58-67-69(63,64)66-56-54-61(3,4)5)68-60(62)53-51-49-47-45-43-41-39-37-35-33-27-25-23-21-19-17-15-13-11-9-7-2/h18,20,24-27,59H,6-17,19,21-23,28-58H2,1-5H3/p+1/b20-18-,26-24-,27-25-. The lowest BCUT2D eigenvalue weighted by molar-refractivity contribution is -0.870. The highest BCUT2D eigenvalue weighted by atomic mass is 31.2. The lowest BCUT2D eigenvalue weighted by Gasteiger charge is -2.24. The quantitative estimate of drug-likeness (QED) is 0.0213. The van der Waals surface area contributed by atoms with Gasteiger partial charge in [-0.25, -0.2) is 4.57 Å². The zero-order valence-corrected chi connectivity index (χ0v) is 47.5. The number of allylic oxidation sites excluding steroid dienone is 6. The van der Waals surface area contributed by atoms with E-state index >= 15 is 0 Å². The molecular weight excluding hydrogens is 878 g/mol. The predicted octanol–water partition coefficient (Wildman–Crippen LogP) is 18.8. The highest BCUT2D eigenvalue weighted by molar-refractivity contribution is 7.47. The van der Waals surface area contributed by atoms with Gasteiger partial charge in [0.05, 0.1) is 34.4 Å². The summed E-state index contributed by atoms with van der Waals surface area (Å²) in [5.41, 5.74) is 0. The first-order valence-corrected chi connectivity index (χ1v) is 31.2. The van der Waals surface area contributed by atoms with Crippen molar-refractivity contribution in [2.75, 3.05) is 54.1 Å². The van der Waals surface area contributed by atoms with Crippen molar-refractivity contribution in [1.82, 2.24) is 0 Å². The van der Waals surface area contributed by atoms with Crippen LogP contribution in [0.25, 0.3) is 0 Å². The summed E-state index contributed by atoms with van der Waals surface area (Å²) in [5, 5.41) is 0. The normalized spacial score (nSPS) is 13.7. The first kappa shape index (κ1) is 67.7. The van der Waals surface area contributed by atoms with E-state index in [2.05, 4.69) is 50.3 Å². The van der Waals surface area contributed by atoms with Crippen LogP contribution in [0.2, 0.25) is 0 Å². The molecule has 0 saturated heterocycles. The molecule has 408 valence electrons. The number of unbranched alkanes of at least 4 members (excludes halogenated alkanes) is 36. The zero-order chi connectivity index (χ0) is 50.5. The summed E-state index contributed by atoms with van der Waals surface area (Å²) in [6.45, 7) is 5.66. The third-order valence-electron chi connectivity index (χ3n) is 13.2. The molecule has 0 aliphatic heterocycles. The van der Waals surface area contributed by atoms with Gasteiger partial charge in [0.15, 0.2) is 0 Å². The molecule has 0 aromatic heterocycles. The van der Waals surface area contributed by atoms with Crippen LogP contribution in [0.3, 0.4) is 0 Å². The van der Waals surface area contributed by atoms with Gasteiger partial charge in [-0.1, -0.05) is 243 Å². The molecule has 0 spiro atoms. The van der Waals surface area contributed by atoms with E-state index in [1.165, 1.54) is 225 Å². The van der Waals surface area contributed by atoms with Gasteiger partial charge in [-0.3, -0.25) is 13.8 Å². The highest BCUT2D eigenvalue weighted by Crippen LogP contribution is 2.43. The number of carbonyl (C=O) groups excluding carboxylic acids is 1. The Hall–Kier alpha value is -1.28. The molecule has 9 heteroatoms. The summed E-state index contributed by atoms with van der Waals surface area (Å²) in [7, 11) is 1.68. The number of nitrogens with zero attached hydrogens (tertiary/aromatic N) is 1. The average Bonchev–Trinajstić information content (AvgIpc) is 3.31. The van der Waals surface area contributed by atoms with Crippen molar-refractivity contribution in [3.63, 3.8) is 0 Å². The molecule has 0 heterocycles. The summed E-state index contributed by atoms with van der Waals surface area (Å²) < 4.78 is 35.3. The summed E-state index contributed by atoms with van der Waals surface area (Å²) in [6, 6.07) is 0. The largest absolute Gasteiger partial charge is 0.472 e. The minimum atomic E-state index is -4.28. The second-order valence-corrected chi connectivity index (χ2v) is 22.8. The minimum Gasteiger partial charge on any atom is -0.457 e. The number of carbonyl (C=O) groups is 1. The molecular formula is C60H117NO7P+. The fraction of sp³-hybridized carbons (Fsp3) is 0.883. The van der Waals surface area contributed by atoms with Gasteiger partial charge in [0, 0.05) is 13.0 Å². The third-order valence-corrected chi connectivity index (χ3v) is 14.2. The monoisotopic (exact) mass is 995 g/mol. The average molecular weight is 996 g/mol. The Morgan fingerprint density at radius 3 is 1.19 bits per heavy atom. The van der Waals surface area contributed by atoms with Gasteiger partial charge in [0.2, 0.25) is 0 Å². The Morgan fingerprint density at radius 1 is 0.449 bits per heavy atom. The number of ether oxygens (including phenoxy) is 2. The van der Waals surface area contributed by atoms with E-state index in [4.69, 9.17) is 18.5 Å². The van der Waals surface area contributed by atoms with Crippen LogP contribution in [0, 0.1) is 0 Å². The molecule has 0 radical (unpaired) electrons. The molecule has 0 aromatic carbocycles. The van der Waals surface area contributed by atoms with Crippen molar-refractivity contribution in [3.8, 4) is 0 Å². The van der Waals surface area contributed by atoms with Crippen LogP contribution in [-0.2, 0) is 27.9 Å². The van der Waals surface area contributed by atoms with Crippen LogP contribution in [0.5, 0.6) is 0 Å². The molecule has 0 aromatic rings. The number of rotatable bonds is 56. The SMILES string of the molecule is CCCCCCC/C=C\C/C=C\CCCCCCCCCCCCCCCCOCC(COP(=O)(O)OCC[N+](C)(C)C)OC(=O)CCCCCCCCCCC/C=C\CCCCCCCCCC. The van der Waals surface area contributed by atoms with Crippen molar-refractivity contribution < 1.29 is 37.3 Å². The van der Waals surface area contributed by atoms with E-state index in [0.717, 1.165) is 38.5 Å². The molecule has 0 saturated carbocycles. The number of phosphoric ester groups is 1. The molecule has 2 unspecified atom stereocenters. The van der Waals surface area contributed by atoms with Crippen LogP contribution >= 0.6 is 7.82 Å². The maximum Gasteiger partial charge on any atom is 0.472 e. The molecule has 69 heavy (non-hydrogen) atoms. The highest BCUT2D eigenvalue weighted by Gasteiger charge is 2.26. The van der Waals surface area contributed by atoms with E-state index in [1.54, 1.807) is 0 Å². The summed E-state index contributed by atoms with van der Waals surface area (Å²) in [6.07, 6.45) is 66.4. The van der Waals surface area contributed by atoms with Gasteiger partial charge in [-0.2, -0.15) is 0 Å². The van der Waals surface area contributed by atoms with Crippen molar-refractivity contribution in [3.05, 3.63) is 36.5 Å². The number of likely N-dealkylation sites (N-methyl/N-ethyl adjacent to an activating group) is 1. The van der Waals surface area contributed by atoms with Crippen LogP contribution in [0.1, 0.15) is 284 Å². The molecule has 0 bridgehead atoms. The minimum absolute atomic E-state index is 0.0894. The van der Waals surface area contributed by atoms with Gasteiger partial charge in [0.1, 0.15) is 19.3 Å². The molecule has 2 atom stereocenters. The van der Waals surface area contributed by atoms with Crippen molar-refractivity contribution in [1.29, 1.82) is 0 Å². The summed E-state index contributed by atoms with van der Waals surface area (Å²) in [5.74, 6) is -0.311. The number of esters is 1. The maximum absolute atomic E-state index is 12.8. The Morgan fingerprint density at radius 2 is 0.797 bits per heavy atom. The number of quaternary nitrogens is 1. The lowest BCUT2D eigenvalue weighted by atomic mass is 10.0. The fourth-order valence-corrected chi connectivity index (χ4v) is 9.32. The number of phosphoric acid groups is 1. The summed E-state index contributed by atoms with van der Waals surface area (Å²) >= 11 is 0. The second kappa shape index (κ2) is 53.0. The van der Waals surface area contributed by atoms with Gasteiger partial charge in [-0.15, -0.1) is 0 Å². The van der Waals surface area contributed by atoms with Crippen molar-refractivity contribution in [2.45, 2.75) is 290 Å². The van der Waals surface area contributed by atoms with Crippen molar-refractivity contribution >= 4 is 13.8 Å². The van der Waals surface area contributed by atoms with Crippen LogP contribution in [-0.4, -0.2) is 75.6 Å². The number of hydrogen-bond acceptors (Lipinski definition) is 6. The Balaban J connectivity index is 4.03. The molecule has 0 amide bonds. The van der Waals surface area contributed by atoms with Gasteiger partial charge < -0.3 is 18.9 Å². The molecule has 0 aliphatic carbocycles. The van der Waals surface area contributed by atoms with Crippen LogP contribution in [0.15, 0.2) is 36.5 Å². The van der Waals surface area contributed by atoms with Gasteiger partial charge in [-0.05, 0) is 70.6 Å². The van der Waals surface area contributed by atoms with Crippen LogP contribution in [0.4, 0.5) is 0 Å². The Labute approximate surface area is 429 Å². The van der Waals surface area contributed by atoms with Gasteiger partial charge >= 0.3 is 13.8 Å². The maximum atomic E-state index is 12.8. The van der Waals surface area contributed by atoms with E-state index in [0.29, 0.717) is 24.1 Å². The van der Waals surface area contributed by atoms with E-state index < -0.39 is 13.9 Å². The molecule has 0 aliphatic rings. The van der Waals surface area contributed by atoms with Crippen LogP contribution < -0.4 is 0 Å². The fourth-order valence-electron chi connectivity index (χ4n) is 8.58. The second-order valence-electron chi connectivity index (χ2n) is 21.4. The molecule has 8 nitrogen and oxygen atoms in total. The first-order valence-electron chi connectivity index (χ1n) is 29.7. The smallest absolute Gasteiger partial charge is 0.457 e. The molecule has 0 fully saturated rings. The topological polar surface area (TPSA) is 91.3 Å². The van der Waals surface area contributed by atoms with E-state index in [-0.39, 0.29) is 25.8 Å². The van der Waals surface area contributed by atoms with E-state index in [9.17, 15) is 14.3 Å². The predicted molar refractivity (Wildman–Crippen MR) is 298 cm³/mol. The summed E-state index contributed by atoms with van der Waals surface area (Å²) in [4.78, 5) is 23.1. The van der Waals surface area contributed by atoms with Crippen molar-refractivity contribution in [2.24, 2.45) is 0 Å².